The Morgan fingerprint density at radius 1 is 1.32 bits per heavy atom. The van der Waals surface area contributed by atoms with Crippen LogP contribution in [0.1, 0.15) is 12.0 Å². The van der Waals surface area contributed by atoms with E-state index in [9.17, 15) is 27.0 Å². The molecule has 0 radical (unpaired) electrons. The second kappa shape index (κ2) is 7.42. The highest BCUT2D eigenvalue weighted by atomic mass is 32.2. The van der Waals surface area contributed by atoms with Gasteiger partial charge in [-0.3, -0.25) is 4.79 Å². The lowest BCUT2D eigenvalue weighted by Crippen LogP contribution is -2.32. The van der Waals surface area contributed by atoms with Crippen LogP contribution in [-0.4, -0.2) is 51.9 Å². The molecule has 1 aromatic carbocycles. The number of hydrogen-bond donors (Lipinski definition) is 0. The van der Waals surface area contributed by atoms with Gasteiger partial charge in [-0.2, -0.15) is 17.5 Å². The van der Waals surface area contributed by atoms with E-state index in [1.807, 2.05) is 6.07 Å². The van der Waals surface area contributed by atoms with Crippen LogP contribution >= 0.6 is 0 Å². The zero-order valence-electron chi connectivity index (χ0n) is 13.4. The minimum atomic E-state index is -5.16. The lowest BCUT2D eigenvalue weighted by molar-refractivity contribution is -0.169. The highest BCUT2D eigenvalue weighted by Gasteiger charge is 2.41. The quantitative estimate of drug-likeness (QED) is 0.810. The van der Waals surface area contributed by atoms with Crippen molar-refractivity contribution in [2.24, 2.45) is 4.36 Å². The van der Waals surface area contributed by atoms with Crippen LogP contribution in [0.5, 0.6) is 0 Å². The largest absolute Gasteiger partial charge is 0.474 e. The molecule has 0 saturated carbocycles. The molecule has 10 heteroatoms. The van der Waals surface area contributed by atoms with Gasteiger partial charge in [0.1, 0.15) is 6.61 Å². The smallest absolute Gasteiger partial charge is 0.445 e. The van der Waals surface area contributed by atoms with Gasteiger partial charge in [-0.25, -0.2) is 9.00 Å². The van der Waals surface area contributed by atoms with E-state index in [0.29, 0.717) is 0 Å². The van der Waals surface area contributed by atoms with Crippen LogP contribution < -0.4 is 0 Å². The monoisotopic (exact) mass is 378 g/mol. The second-order valence-electron chi connectivity index (χ2n) is 5.65. The van der Waals surface area contributed by atoms with Crippen LogP contribution in [0.4, 0.5) is 18.0 Å². The van der Waals surface area contributed by atoms with Gasteiger partial charge >= 0.3 is 18.2 Å². The zero-order valence-corrected chi connectivity index (χ0v) is 14.2. The van der Waals surface area contributed by atoms with Crippen molar-refractivity contribution in [1.29, 1.82) is 0 Å². The van der Waals surface area contributed by atoms with Gasteiger partial charge in [-0.1, -0.05) is 30.3 Å². The summed E-state index contributed by atoms with van der Waals surface area (Å²) in [6.07, 6.45) is -4.63. The van der Waals surface area contributed by atoms with E-state index in [1.165, 1.54) is 4.90 Å². The normalized spacial score (nSPS) is 20.0. The van der Waals surface area contributed by atoms with Crippen LogP contribution in [0.15, 0.2) is 34.7 Å². The molecule has 1 aliphatic rings. The summed E-state index contributed by atoms with van der Waals surface area (Å²) in [6, 6.07) is 8.96. The average Bonchev–Trinajstić information content (AvgIpc) is 3.03. The van der Waals surface area contributed by atoms with Crippen LogP contribution in [0.3, 0.4) is 0 Å². The van der Waals surface area contributed by atoms with Gasteiger partial charge in [0.15, 0.2) is 0 Å². The molecule has 0 aromatic heterocycles. The van der Waals surface area contributed by atoms with Gasteiger partial charge in [0.05, 0.1) is 15.0 Å². The van der Waals surface area contributed by atoms with Gasteiger partial charge in [0.25, 0.3) is 0 Å². The molecule has 2 atom stereocenters. The van der Waals surface area contributed by atoms with Crippen LogP contribution in [-0.2, 0) is 25.9 Å². The molecular weight excluding hydrogens is 361 g/mol. The minimum Gasteiger partial charge on any atom is -0.445 e. The summed E-state index contributed by atoms with van der Waals surface area (Å²) in [7, 11) is -3.42. The van der Waals surface area contributed by atoms with Crippen molar-refractivity contribution in [3.05, 3.63) is 35.9 Å². The summed E-state index contributed by atoms with van der Waals surface area (Å²) in [5.74, 6) is -2.37. The fourth-order valence-corrected chi connectivity index (χ4v) is 3.93. The number of benzene rings is 1. The number of amides is 2. The number of alkyl halides is 3. The summed E-state index contributed by atoms with van der Waals surface area (Å²) >= 11 is 0. The number of ether oxygens (including phenoxy) is 1. The Morgan fingerprint density at radius 3 is 2.56 bits per heavy atom. The first-order chi connectivity index (χ1) is 11.6. The van der Waals surface area contributed by atoms with Crippen LogP contribution in [0.2, 0.25) is 0 Å². The van der Waals surface area contributed by atoms with E-state index in [4.69, 9.17) is 4.74 Å². The van der Waals surface area contributed by atoms with Crippen LogP contribution in [0.25, 0.3) is 0 Å². The Hall–Kier alpha value is -2.10. The fraction of sp³-hybridized carbons (Fsp3) is 0.467. The van der Waals surface area contributed by atoms with Crippen molar-refractivity contribution < 1.29 is 31.7 Å². The minimum absolute atomic E-state index is 0.0548. The predicted octanol–water partition coefficient (Wildman–Crippen LogP) is 2.58. The third kappa shape index (κ3) is 5.18. The van der Waals surface area contributed by atoms with Gasteiger partial charge in [-0.05, 0) is 12.0 Å². The Morgan fingerprint density at radius 2 is 1.96 bits per heavy atom. The highest BCUT2D eigenvalue weighted by molar-refractivity contribution is 7.93. The SMILES string of the molecule is CS(=O)(=NC(=O)C(F)(F)F)[C@@H]1CCN(C(=O)OCc2ccccc2)C1. The predicted molar refractivity (Wildman–Crippen MR) is 84.2 cm³/mol. The molecule has 25 heavy (non-hydrogen) atoms. The van der Waals surface area contributed by atoms with E-state index in [1.54, 1.807) is 24.3 Å². The molecule has 6 nitrogen and oxygen atoms in total. The lowest BCUT2D eigenvalue weighted by atomic mass is 10.2. The second-order valence-corrected chi connectivity index (χ2v) is 8.22. The van der Waals surface area contributed by atoms with E-state index >= 15 is 0 Å². The van der Waals surface area contributed by atoms with Crippen LogP contribution in [0, 0.1) is 0 Å². The van der Waals surface area contributed by atoms with Crippen molar-refractivity contribution in [3.8, 4) is 0 Å². The third-order valence-electron chi connectivity index (χ3n) is 3.73. The average molecular weight is 378 g/mol. The Balaban J connectivity index is 1.96. The molecule has 1 aromatic rings. The summed E-state index contributed by atoms with van der Waals surface area (Å²) in [5.41, 5.74) is 0.789. The number of hydrogen-bond acceptors (Lipinski definition) is 4. The van der Waals surface area contributed by atoms with Crippen molar-refractivity contribution >= 4 is 21.7 Å². The molecule has 1 unspecified atom stereocenters. The molecular formula is C15H17F3N2O4S. The number of likely N-dealkylation sites (tertiary alicyclic amines) is 1. The highest BCUT2D eigenvalue weighted by Crippen LogP contribution is 2.22. The van der Waals surface area contributed by atoms with Gasteiger partial charge < -0.3 is 9.64 Å². The van der Waals surface area contributed by atoms with Gasteiger partial charge in [-0.15, -0.1) is 0 Å². The number of carbonyl (C=O) groups excluding carboxylic acids is 2. The third-order valence-corrected chi connectivity index (χ3v) is 5.88. The molecule has 0 aliphatic carbocycles. The van der Waals surface area contributed by atoms with Crippen molar-refractivity contribution in [2.45, 2.75) is 24.5 Å². The summed E-state index contributed by atoms with van der Waals surface area (Å²) in [4.78, 5) is 24.2. The molecule has 0 N–H and O–H groups in total. The fourth-order valence-electron chi connectivity index (χ4n) is 2.35. The molecule has 0 bridgehead atoms. The van der Waals surface area contributed by atoms with Gasteiger partial charge in [0, 0.05) is 19.3 Å². The first-order valence-electron chi connectivity index (χ1n) is 7.37. The molecule has 1 saturated heterocycles. The molecule has 2 rings (SSSR count). The van der Waals surface area contributed by atoms with E-state index < -0.39 is 33.2 Å². The van der Waals surface area contributed by atoms with Crippen molar-refractivity contribution in [2.75, 3.05) is 19.3 Å². The Bertz CT molecular complexity index is 758. The maximum atomic E-state index is 12.3. The molecule has 1 aliphatic heterocycles. The molecule has 1 heterocycles. The first kappa shape index (κ1) is 19.2. The van der Waals surface area contributed by atoms with E-state index in [2.05, 4.69) is 4.36 Å². The van der Waals surface area contributed by atoms with Crippen molar-refractivity contribution in [1.82, 2.24) is 4.90 Å². The summed E-state index contributed by atoms with van der Waals surface area (Å²) in [5, 5.41) is -0.817. The Kier molecular flexibility index (Phi) is 5.71. The first-order valence-corrected chi connectivity index (χ1v) is 9.36. The lowest BCUT2D eigenvalue weighted by Gasteiger charge is -2.17. The van der Waals surface area contributed by atoms with Crippen molar-refractivity contribution in [3.63, 3.8) is 0 Å². The molecule has 138 valence electrons. The standard InChI is InChI=1S/C15H17F3N2O4S/c1-25(23,19-13(21)15(16,17)18)12-7-8-20(9-12)14(22)24-10-11-5-3-2-4-6-11/h2-6,12H,7-10H2,1H3/t12-,25?/m1/s1. The van der Waals surface area contributed by atoms with E-state index in [-0.39, 0.29) is 26.1 Å². The summed E-state index contributed by atoms with van der Waals surface area (Å²) in [6.45, 7) is 0.162. The van der Waals surface area contributed by atoms with E-state index in [0.717, 1.165) is 11.8 Å². The number of nitrogens with zero attached hydrogens (tertiary/aromatic N) is 2. The van der Waals surface area contributed by atoms with Gasteiger partial charge in [0.2, 0.25) is 0 Å². The number of carbonyl (C=O) groups is 2. The maximum Gasteiger partial charge on any atom is 0.474 e. The maximum absolute atomic E-state index is 12.3. The number of rotatable bonds is 3. The topological polar surface area (TPSA) is 76.0 Å². The summed E-state index contributed by atoms with van der Waals surface area (Å²) < 4.78 is 57.1. The Labute approximate surface area is 143 Å². The molecule has 2 amide bonds. The molecule has 1 fully saturated rings. The zero-order chi connectivity index (χ0) is 18.7. The molecule has 0 spiro atoms. The number of halogens is 3.